The predicted octanol–water partition coefficient (Wildman–Crippen LogP) is 4.10. The van der Waals surface area contributed by atoms with Gasteiger partial charge in [-0.2, -0.15) is 4.99 Å². The molecule has 2 rings (SSSR count). The van der Waals surface area contributed by atoms with Gasteiger partial charge in [0.25, 0.3) is 0 Å². The van der Waals surface area contributed by atoms with Crippen molar-refractivity contribution in [3.8, 4) is 5.75 Å². The lowest BCUT2D eigenvalue weighted by molar-refractivity contribution is 0.433. The van der Waals surface area contributed by atoms with Crippen molar-refractivity contribution >= 4 is 6.08 Å². The average Bonchev–Trinajstić information content (AvgIpc) is 2.77. The van der Waals surface area contributed by atoms with Crippen LogP contribution >= 0.6 is 0 Å². The zero-order chi connectivity index (χ0) is 15.0. The number of nitrogens with zero attached hydrogens (tertiary/aromatic N) is 1. The van der Waals surface area contributed by atoms with Crippen LogP contribution in [0.5, 0.6) is 5.75 Å². The topological polar surface area (TPSA) is 49.7 Å². The Balaban J connectivity index is 2.64. The summed E-state index contributed by atoms with van der Waals surface area (Å²) in [4.78, 5) is 15.0. The summed E-state index contributed by atoms with van der Waals surface area (Å²) in [6.07, 6.45) is 5.69. The molecule has 0 spiro atoms. The summed E-state index contributed by atoms with van der Waals surface area (Å²) < 4.78 is 0. The van der Waals surface area contributed by atoms with E-state index in [9.17, 15) is 9.90 Å². The van der Waals surface area contributed by atoms with Crippen molar-refractivity contribution in [3.05, 3.63) is 28.8 Å². The number of aromatic hydroxyl groups is 1. The molecule has 3 nitrogen and oxygen atoms in total. The highest BCUT2D eigenvalue weighted by molar-refractivity contribution is 5.49. The molecule has 3 heteroatoms. The molecule has 108 valence electrons. The Labute approximate surface area is 120 Å². The van der Waals surface area contributed by atoms with E-state index in [0.717, 1.165) is 42.4 Å². The molecule has 0 aliphatic heterocycles. The first-order valence-electron chi connectivity index (χ1n) is 7.24. The molecule has 1 aromatic carbocycles. The Bertz CT molecular complexity index is 557. The van der Waals surface area contributed by atoms with Gasteiger partial charge >= 0.3 is 0 Å². The molecule has 0 unspecified atom stereocenters. The number of rotatable bonds is 2. The van der Waals surface area contributed by atoms with E-state index in [-0.39, 0.29) is 5.41 Å². The SMILES string of the molecule is Cc1cc(O)c(C(C)(C)C)cc1C1(N=C=O)CCCC1. The number of aryl methyl sites for hydroxylation is 1. The van der Waals surface area contributed by atoms with Crippen molar-refractivity contribution < 1.29 is 9.90 Å². The first kappa shape index (κ1) is 14.8. The van der Waals surface area contributed by atoms with Gasteiger partial charge in [0.2, 0.25) is 6.08 Å². The minimum atomic E-state index is -0.431. The first-order chi connectivity index (χ1) is 9.30. The molecule has 0 radical (unpaired) electrons. The second-order valence-electron chi connectivity index (χ2n) is 6.88. The summed E-state index contributed by atoms with van der Waals surface area (Å²) in [5, 5.41) is 10.2. The van der Waals surface area contributed by atoms with Crippen LogP contribution in [0, 0.1) is 6.92 Å². The summed E-state index contributed by atoms with van der Waals surface area (Å²) in [5.41, 5.74) is 2.40. The molecule has 0 atom stereocenters. The van der Waals surface area contributed by atoms with Gasteiger partial charge in [0.15, 0.2) is 0 Å². The molecule has 1 fully saturated rings. The van der Waals surface area contributed by atoms with E-state index < -0.39 is 5.54 Å². The molecule has 0 amide bonds. The first-order valence-corrected chi connectivity index (χ1v) is 7.24. The summed E-state index contributed by atoms with van der Waals surface area (Å²) in [7, 11) is 0. The molecule has 0 heterocycles. The van der Waals surface area contributed by atoms with Crippen LogP contribution < -0.4 is 0 Å². The maximum atomic E-state index is 10.9. The Morgan fingerprint density at radius 1 is 1.25 bits per heavy atom. The lowest BCUT2D eigenvalue weighted by Crippen LogP contribution is -2.22. The minimum absolute atomic E-state index is 0.142. The summed E-state index contributed by atoms with van der Waals surface area (Å²) in [6.45, 7) is 8.20. The fourth-order valence-corrected chi connectivity index (χ4v) is 3.28. The molecule has 1 aliphatic carbocycles. The normalized spacial score (nSPS) is 17.8. The maximum absolute atomic E-state index is 10.9. The number of hydrogen-bond donors (Lipinski definition) is 1. The van der Waals surface area contributed by atoms with Crippen LogP contribution in [0.4, 0.5) is 0 Å². The second-order valence-corrected chi connectivity index (χ2v) is 6.88. The van der Waals surface area contributed by atoms with Crippen molar-refractivity contribution in [3.63, 3.8) is 0 Å². The van der Waals surface area contributed by atoms with Gasteiger partial charge in [-0.1, -0.05) is 33.6 Å². The highest BCUT2D eigenvalue weighted by Gasteiger charge is 2.38. The van der Waals surface area contributed by atoms with Gasteiger partial charge in [-0.3, -0.25) is 0 Å². The summed E-state index contributed by atoms with van der Waals surface area (Å²) in [5.74, 6) is 0.321. The standard InChI is InChI=1S/C17H23NO2/c1-12-9-15(20)14(16(2,3)4)10-13(12)17(18-11-19)7-5-6-8-17/h9-10,20H,5-8H2,1-4H3. The third-order valence-corrected chi connectivity index (χ3v) is 4.34. The third kappa shape index (κ3) is 2.51. The van der Waals surface area contributed by atoms with Crippen molar-refractivity contribution in [2.75, 3.05) is 0 Å². The number of phenolic OH excluding ortho intramolecular Hbond substituents is 1. The van der Waals surface area contributed by atoms with Crippen LogP contribution in [0.1, 0.15) is 63.1 Å². The van der Waals surface area contributed by atoms with Gasteiger partial charge in [0.1, 0.15) is 5.75 Å². The van der Waals surface area contributed by atoms with E-state index in [1.807, 2.05) is 13.0 Å². The number of benzene rings is 1. The molecule has 0 aromatic heterocycles. The molecular formula is C17H23NO2. The molecule has 0 bridgehead atoms. The maximum Gasteiger partial charge on any atom is 0.235 e. The van der Waals surface area contributed by atoms with E-state index in [4.69, 9.17) is 0 Å². The van der Waals surface area contributed by atoms with Crippen LogP contribution in [-0.2, 0) is 15.7 Å². The van der Waals surface area contributed by atoms with Crippen molar-refractivity contribution in [2.24, 2.45) is 4.99 Å². The Hall–Kier alpha value is -1.60. The molecular weight excluding hydrogens is 250 g/mol. The fraction of sp³-hybridized carbons (Fsp3) is 0.588. The van der Waals surface area contributed by atoms with E-state index in [1.54, 1.807) is 12.1 Å². The van der Waals surface area contributed by atoms with Gasteiger partial charge in [0, 0.05) is 0 Å². The number of aliphatic imine (C=N–C) groups is 1. The largest absolute Gasteiger partial charge is 0.508 e. The van der Waals surface area contributed by atoms with Gasteiger partial charge in [-0.25, -0.2) is 4.79 Å². The Morgan fingerprint density at radius 2 is 1.85 bits per heavy atom. The average molecular weight is 273 g/mol. The van der Waals surface area contributed by atoms with E-state index in [2.05, 4.69) is 25.8 Å². The van der Waals surface area contributed by atoms with Crippen molar-refractivity contribution in [1.82, 2.24) is 0 Å². The Kier molecular flexibility index (Phi) is 3.75. The van der Waals surface area contributed by atoms with Crippen molar-refractivity contribution in [2.45, 2.75) is 64.3 Å². The van der Waals surface area contributed by atoms with Gasteiger partial charge in [-0.05, 0) is 54.0 Å². The lowest BCUT2D eigenvalue weighted by atomic mass is 9.79. The van der Waals surface area contributed by atoms with Gasteiger partial charge in [-0.15, -0.1) is 0 Å². The summed E-state index contributed by atoms with van der Waals surface area (Å²) in [6, 6.07) is 3.84. The van der Waals surface area contributed by atoms with Crippen molar-refractivity contribution in [1.29, 1.82) is 0 Å². The number of hydrogen-bond acceptors (Lipinski definition) is 3. The smallest absolute Gasteiger partial charge is 0.235 e. The fourth-order valence-electron chi connectivity index (χ4n) is 3.28. The molecule has 1 saturated carbocycles. The highest BCUT2D eigenvalue weighted by Crippen LogP contribution is 2.45. The number of isocyanates is 1. The Morgan fingerprint density at radius 3 is 2.35 bits per heavy atom. The van der Waals surface area contributed by atoms with E-state index >= 15 is 0 Å². The van der Waals surface area contributed by atoms with Crippen LogP contribution in [0.25, 0.3) is 0 Å². The summed E-state index contributed by atoms with van der Waals surface area (Å²) >= 11 is 0. The molecule has 20 heavy (non-hydrogen) atoms. The molecule has 1 aliphatic rings. The third-order valence-electron chi connectivity index (χ3n) is 4.34. The minimum Gasteiger partial charge on any atom is -0.508 e. The zero-order valence-electron chi connectivity index (χ0n) is 12.8. The predicted molar refractivity (Wildman–Crippen MR) is 79.8 cm³/mol. The van der Waals surface area contributed by atoms with Gasteiger partial charge in [0.05, 0.1) is 5.54 Å². The number of carbonyl (C=O) groups excluding carboxylic acids is 1. The number of phenols is 1. The molecule has 0 saturated heterocycles. The van der Waals surface area contributed by atoms with Crippen LogP contribution in [0.3, 0.4) is 0 Å². The van der Waals surface area contributed by atoms with Gasteiger partial charge < -0.3 is 5.11 Å². The highest BCUT2D eigenvalue weighted by atomic mass is 16.3. The van der Waals surface area contributed by atoms with Crippen LogP contribution in [0.2, 0.25) is 0 Å². The van der Waals surface area contributed by atoms with E-state index in [1.165, 1.54) is 0 Å². The second kappa shape index (κ2) is 5.06. The van der Waals surface area contributed by atoms with Crippen LogP contribution in [0.15, 0.2) is 17.1 Å². The molecule has 1 aromatic rings. The zero-order valence-corrected chi connectivity index (χ0v) is 12.8. The molecule has 1 N–H and O–H groups in total. The monoisotopic (exact) mass is 273 g/mol. The van der Waals surface area contributed by atoms with E-state index in [0.29, 0.717) is 5.75 Å². The van der Waals surface area contributed by atoms with Crippen LogP contribution in [-0.4, -0.2) is 11.2 Å². The quantitative estimate of drug-likeness (QED) is 0.651. The lowest BCUT2D eigenvalue weighted by Gasteiger charge is -2.29.